The normalized spacial score (nSPS) is 18.3. The third kappa shape index (κ3) is 1.15. The zero-order chi connectivity index (χ0) is 10.6. The topological polar surface area (TPSA) is 33.4 Å². The molecular weight excluding hydrogens is 188 g/mol. The zero-order valence-corrected chi connectivity index (χ0v) is 9.00. The monoisotopic (exact) mass is 202 g/mol. The molecule has 0 atom stereocenters. The zero-order valence-electron chi connectivity index (χ0n) is 9.00. The predicted molar refractivity (Wildman–Crippen MR) is 58.8 cm³/mol. The fourth-order valence-corrected chi connectivity index (χ4v) is 2.12. The summed E-state index contributed by atoms with van der Waals surface area (Å²) in [6.07, 6.45) is 1.70. The maximum Gasteiger partial charge on any atom is 0.140 e. The van der Waals surface area contributed by atoms with Crippen LogP contribution >= 0.6 is 0 Å². The molecule has 3 rings (SSSR count). The van der Waals surface area contributed by atoms with Crippen molar-refractivity contribution >= 4 is 11.0 Å². The van der Waals surface area contributed by atoms with Gasteiger partial charge in [0.15, 0.2) is 0 Å². The van der Waals surface area contributed by atoms with E-state index < -0.39 is 5.60 Å². The first-order chi connectivity index (χ1) is 7.12. The van der Waals surface area contributed by atoms with Crippen LogP contribution in [0.15, 0.2) is 22.6 Å². The molecule has 2 heteroatoms. The highest BCUT2D eigenvalue weighted by Crippen LogP contribution is 2.48. The number of hydrogen-bond donors (Lipinski definition) is 1. The predicted octanol–water partition coefficient (Wildman–Crippen LogP) is 3.03. The van der Waals surface area contributed by atoms with Crippen molar-refractivity contribution in [3.8, 4) is 0 Å². The fraction of sp³-hybridized carbons (Fsp3) is 0.385. The molecule has 2 aromatic rings. The highest BCUT2D eigenvalue weighted by molar-refractivity contribution is 5.85. The Labute approximate surface area is 88.5 Å². The third-order valence-corrected chi connectivity index (χ3v) is 3.43. The van der Waals surface area contributed by atoms with E-state index >= 15 is 0 Å². The van der Waals surface area contributed by atoms with Crippen molar-refractivity contribution in [2.75, 3.05) is 0 Å². The molecule has 0 radical (unpaired) electrons. The van der Waals surface area contributed by atoms with Crippen molar-refractivity contribution in [3.05, 3.63) is 35.1 Å². The van der Waals surface area contributed by atoms with Gasteiger partial charge in [-0.25, -0.2) is 0 Å². The lowest BCUT2D eigenvalue weighted by Crippen LogP contribution is -2.03. The van der Waals surface area contributed by atoms with E-state index in [0.29, 0.717) is 0 Å². The molecule has 1 fully saturated rings. The van der Waals surface area contributed by atoms with E-state index in [-0.39, 0.29) is 0 Å². The Morgan fingerprint density at radius 2 is 2.00 bits per heavy atom. The van der Waals surface area contributed by atoms with Gasteiger partial charge in [-0.15, -0.1) is 0 Å². The molecule has 0 unspecified atom stereocenters. The summed E-state index contributed by atoms with van der Waals surface area (Å²) in [4.78, 5) is 0. The van der Waals surface area contributed by atoms with Crippen LogP contribution in [0.25, 0.3) is 11.0 Å². The highest BCUT2D eigenvalue weighted by atomic mass is 16.3. The van der Waals surface area contributed by atoms with Crippen molar-refractivity contribution in [3.63, 3.8) is 0 Å². The summed E-state index contributed by atoms with van der Waals surface area (Å²) in [5.74, 6) is 0.946. The number of fused-ring (bicyclic) bond motifs is 1. The van der Waals surface area contributed by atoms with Gasteiger partial charge in [-0.1, -0.05) is 18.2 Å². The Bertz CT molecular complexity index is 533. The summed E-state index contributed by atoms with van der Waals surface area (Å²) < 4.78 is 5.74. The Morgan fingerprint density at radius 1 is 1.27 bits per heavy atom. The fourth-order valence-electron chi connectivity index (χ4n) is 2.12. The Hall–Kier alpha value is -1.28. The first kappa shape index (κ1) is 8.98. The van der Waals surface area contributed by atoms with Gasteiger partial charge in [-0.2, -0.15) is 0 Å². The van der Waals surface area contributed by atoms with Crippen molar-refractivity contribution in [2.24, 2.45) is 0 Å². The molecule has 0 bridgehead atoms. The van der Waals surface area contributed by atoms with Crippen molar-refractivity contribution in [1.29, 1.82) is 0 Å². The minimum atomic E-state index is -0.615. The molecule has 15 heavy (non-hydrogen) atoms. The standard InChI is InChI=1S/C13H14O2/c1-8-9(2)15-12-10(8)4-3-5-11(12)13(14)6-7-13/h3-5,14H,6-7H2,1-2H3. The number of aryl methyl sites for hydroxylation is 2. The van der Waals surface area contributed by atoms with Crippen LogP contribution in [-0.2, 0) is 5.60 Å². The smallest absolute Gasteiger partial charge is 0.140 e. The molecule has 1 saturated carbocycles. The molecule has 1 aliphatic carbocycles. The van der Waals surface area contributed by atoms with Gasteiger partial charge in [0.1, 0.15) is 11.3 Å². The maximum atomic E-state index is 10.1. The van der Waals surface area contributed by atoms with Gasteiger partial charge < -0.3 is 9.52 Å². The molecule has 1 aromatic carbocycles. The SMILES string of the molecule is Cc1oc2c(C3(O)CC3)cccc2c1C. The summed E-state index contributed by atoms with van der Waals surface area (Å²) in [6.45, 7) is 4.03. The molecule has 0 aliphatic heterocycles. The molecule has 1 N–H and O–H groups in total. The van der Waals surface area contributed by atoms with Crippen LogP contribution in [0.4, 0.5) is 0 Å². The molecule has 2 nitrogen and oxygen atoms in total. The lowest BCUT2D eigenvalue weighted by atomic mass is 10.0. The van der Waals surface area contributed by atoms with Crippen molar-refractivity contribution in [2.45, 2.75) is 32.3 Å². The van der Waals surface area contributed by atoms with Gasteiger partial charge in [0.25, 0.3) is 0 Å². The molecule has 1 aliphatic rings. The van der Waals surface area contributed by atoms with Crippen LogP contribution < -0.4 is 0 Å². The van der Waals surface area contributed by atoms with Crippen molar-refractivity contribution in [1.82, 2.24) is 0 Å². The number of furan rings is 1. The van der Waals surface area contributed by atoms with Crippen LogP contribution in [0.1, 0.15) is 29.7 Å². The minimum Gasteiger partial charge on any atom is -0.461 e. The van der Waals surface area contributed by atoms with Crippen LogP contribution in [0.5, 0.6) is 0 Å². The van der Waals surface area contributed by atoms with E-state index in [1.54, 1.807) is 0 Å². The largest absolute Gasteiger partial charge is 0.461 e. The molecular formula is C13H14O2. The van der Waals surface area contributed by atoms with E-state index in [0.717, 1.165) is 35.1 Å². The summed E-state index contributed by atoms with van der Waals surface area (Å²) in [7, 11) is 0. The summed E-state index contributed by atoms with van der Waals surface area (Å²) in [5, 5.41) is 11.3. The molecule has 1 heterocycles. The van der Waals surface area contributed by atoms with Crippen LogP contribution in [0.3, 0.4) is 0 Å². The lowest BCUT2D eigenvalue weighted by molar-refractivity contribution is 0.152. The summed E-state index contributed by atoms with van der Waals surface area (Å²) >= 11 is 0. The Balaban J connectivity index is 2.36. The number of hydrogen-bond acceptors (Lipinski definition) is 2. The number of aliphatic hydroxyl groups is 1. The number of para-hydroxylation sites is 1. The van der Waals surface area contributed by atoms with E-state index in [9.17, 15) is 5.11 Å². The first-order valence-electron chi connectivity index (χ1n) is 5.33. The van der Waals surface area contributed by atoms with Gasteiger partial charge >= 0.3 is 0 Å². The molecule has 1 aromatic heterocycles. The van der Waals surface area contributed by atoms with Crippen LogP contribution in [-0.4, -0.2) is 5.11 Å². The second-order valence-corrected chi connectivity index (χ2v) is 4.50. The summed E-state index contributed by atoms with van der Waals surface area (Å²) in [5.41, 5.74) is 2.38. The minimum absolute atomic E-state index is 0.615. The molecule has 0 spiro atoms. The average molecular weight is 202 g/mol. The van der Waals surface area contributed by atoms with E-state index in [2.05, 4.69) is 13.0 Å². The first-order valence-corrected chi connectivity index (χ1v) is 5.33. The molecule has 0 amide bonds. The average Bonchev–Trinajstić information content (AvgIpc) is 2.90. The van der Waals surface area contributed by atoms with Gasteiger partial charge in [0, 0.05) is 10.9 Å². The van der Waals surface area contributed by atoms with Gasteiger partial charge in [-0.05, 0) is 32.3 Å². The van der Waals surface area contributed by atoms with Gasteiger partial charge in [0.05, 0.1) is 5.60 Å². The highest BCUT2D eigenvalue weighted by Gasteiger charge is 2.44. The Morgan fingerprint density at radius 3 is 2.67 bits per heavy atom. The Kier molecular flexibility index (Phi) is 1.58. The second kappa shape index (κ2) is 2.64. The van der Waals surface area contributed by atoms with Crippen LogP contribution in [0, 0.1) is 13.8 Å². The number of rotatable bonds is 1. The lowest BCUT2D eigenvalue weighted by Gasteiger charge is -2.07. The quantitative estimate of drug-likeness (QED) is 0.771. The maximum absolute atomic E-state index is 10.1. The van der Waals surface area contributed by atoms with E-state index in [1.807, 2.05) is 19.1 Å². The van der Waals surface area contributed by atoms with Crippen molar-refractivity contribution < 1.29 is 9.52 Å². The molecule has 0 saturated heterocycles. The van der Waals surface area contributed by atoms with E-state index in [4.69, 9.17) is 4.42 Å². The third-order valence-electron chi connectivity index (χ3n) is 3.43. The van der Waals surface area contributed by atoms with Gasteiger partial charge in [-0.3, -0.25) is 0 Å². The summed E-state index contributed by atoms with van der Waals surface area (Å²) in [6, 6.07) is 6.02. The molecule has 78 valence electrons. The van der Waals surface area contributed by atoms with Crippen LogP contribution in [0.2, 0.25) is 0 Å². The van der Waals surface area contributed by atoms with E-state index in [1.165, 1.54) is 5.56 Å². The van der Waals surface area contributed by atoms with Gasteiger partial charge in [0.2, 0.25) is 0 Å². The second-order valence-electron chi connectivity index (χ2n) is 4.50. The number of benzene rings is 1.